The number of ether oxygens (including phenoxy) is 2. The minimum absolute atomic E-state index is 0.321. The zero-order valence-electron chi connectivity index (χ0n) is 6.01. The van der Waals surface area contributed by atoms with Crippen LogP contribution in [0.1, 0.15) is 0 Å². The van der Waals surface area contributed by atoms with E-state index in [-0.39, 0.29) is 0 Å². The average molecular weight is 143 g/mol. The van der Waals surface area contributed by atoms with Crippen LogP contribution in [-0.4, -0.2) is 38.5 Å². The predicted molar refractivity (Wildman–Crippen MR) is 35.5 cm³/mol. The monoisotopic (exact) mass is 143 g/mol. The average Bonchev–Trinajstić information content (AvgIpc) is 2.27. The fourth-order valence-electron chi connectivity index (χ4n) is 1.65. The molecule has 3 atom stereocenters. The largest absolute Gasteiger partial charge is 0.463 e. The van der Waals surface area contributed by atoms with Crippen molar-refractivity contribution in [3.63, 3.8) is 0 Å². The maximum Gasteiger partial charge on any atom is 0.136 e. The lowest BCUT2D eigenvalue weighted by Crippen LogP contribution is -3.05. The summed E-state index contributed by atoms with van der Waals surface area (Å²) < 4.78 is 11.0. The summed E-state index contributed by atoms with van der Waals surface area (Å²) in [6, 6.07) is 0. The third kappa shape index (κ3) is 1.05. The van der Waals surface area contributed by atoms with E-state index in [2.05, 4.69) is 7.05 Å². The van der Waals surface area contributed by atoms with Crippen LogP contribution in [0.15, 0.2) is 0 Å². The highest BCUT2D eigenvalue weighted by Gasteiger charge is 2.35. The molecular formula is C7H13NO2. The lowest BCUT2D eigenvalue weighted by Gasteiger charge is -2.22. The molecule has 2 heterocycles. The zero-order valence-corrected chi connectivity index (χ0v) is 6.01. The first kappa shape index (κ1) is 6.58. The van der Waals surface area contributed by atoms with Crippen molar-refractivity contribution >= 4 is 0 Å². The predicted octanol–water partition coefficient (Wildman–Crippen LogP) is -1.54. The number of nitrogens with one attached hydrogen (secondary N) is 1. The summed E-state index contributed by atoms with van der Waals surface area (Å²) in [5, 5.41) is 0. The van der Waals surface area contributed by atoms with E-state index in [1.54, 1.807) is 0 Å². The van der Waals surface area contributed by atoms with Gasteiger partial charge in [-0.25, -0.2) is 0 Å². The molecule has 2 aliphatic rings. The first-order chi connectivity index (χ1) is 4.86. The zero-order chi connectivity index (χ0) is 6.97. The van der Waals surface area contributed by atoms with Gasteiger partial charge in [0, 0.05) is 0 Å². The van der Waals surface area contributed by atoms with E-state index in [9.17, 15) is 0 Å². The topological polar surface area (TPSA) is 22.9 Å². The van der Waals surface area contributed by atoms with Crippen molar-refractivity contribution in [3.05, 3.63) is 7.05 Å². The van der Waals surface area contributed by atoms with Crippen LogP contribution in [-0.2, 0) is 9.47 Å². The molecule has 0 radical (unpaired) electrons. The molecule has 0 amide bonds. The van der Waals surface area contributed by atoms with Gasteiger partial charge in [0.2, 0.25) is 0 Å². The Labute approximate surface area is 60.9 Å². The molecular weight excluding hydrogens is 130 g/mol. The molecule has 0 aromatic carbocycles. The molecule has 58 valence electrons. The van der Waals surface area contributed by atoms with Crippen LogP contribution in [0.3, 0.4) is 0 Å². The lowest BCUT2D eigenvalue weighted by molar-refractivity contribution is -0.842. The summed E-state index contributed by atoms with van der Waals surface area (Å²) in [6.45, 7) is 3.53. The highest BCUT2D eigenvalue weighted by molar-refractivity contribution is 4.77. The van der Waals surface area contributed by atoms with Gasteiger partial charge in [0.15, 0.2) is 0 Å². The third-order valence-electron chi connectivity index (χ3n) is 2.14. The molecule has 0 saturated carbocycles. The minimum atomic E-state index is 0.321. The third-order valence-corrected chi connectivity index (χ3v) is 2.14. The Morgan fingerprint density at radius 2 is 1.60 bits per heavy atom. The fourth-order valence-corrected chi connectivity index (χ4v) is 1.65. The molecule has 0 spiro atoms. The molecule has 0 bridgehead atoms. The number of quaternary nitrogens is 1. The smallest absolute Gasteiger partial charge is 0.136 e. The number of hydrogen-bond acceptors (Lipinski definition) is 2. The molecule has 0 aliphatic carbocycles. The Balaban J connectivity index is 1.97. The van der Waals surface area contributed by atoms with Gasteiger partial charge < -0.3 is 14.4 Å². The Morgan fingerprint density at radius 1 is 1.10 bits per heavy atom. The van der Waals surface area contributed by atoms with Crippen molar-refractivity contribution in [1.29, 1.82) is 0 Å². The van der Waals surface area contributed by atoms with Gasteiger partial charge in [0.25, 0.3) is 0 Å². The summed E-state index contributed by atoms with van der Waals surface area (Å²) in [4.78, 5) is 1.27. The number of likely N-dealkylation sites (tertiary alicyclic amines) is 1. The highest BCUT2D eigenvalue weighted by atomic mass is 16.6. The second kappa shape index (κ2) is 2.49. The van der Waals surface area contributed by atoms with Gasteiger partial charge in [0.05, 0.1) is 26.3 Å². The van der Waals surface area contributed by atoms with E-state index in [1.165, 1.54) is 4.90 Å². The minimum Gasteiger partial charge on any atom is -0.463 e. The van der Waals surface area contributed by atoms with Crippen LogP contribution in [0.25, 0.3) is 0 Å². The van der Waals surface area contributed by atoms with E-state index in [0.717, 1.165) is 26.3 Å². The van der Waals surface area contributed by atoms with Gasteiger partial charge in [-0.1, -0.05) is 0 Å². The molecule has 10 heavy (non-hydrogen) atoms. The summed E-state index contributed by atoms with van der Waals surface area (Å²) in [5.41, 5.74) is 0. The second-order valence-electron chi connectivity index (χ2n) is 2.98. The van der Waals surface area contributed by atoms with Gasteiger partial charge in [-0.15, -0.1) is 0 Å². The van der Waals surface area contributed by atoms with E-state index in [1.807, 2.05) is 0 Å². The molecule has 0 aromatic rings. The Hall–Kier alpha value is -0.120. The maximum absolute atomic E-state index is 5.49. The SMILES string of the molecule is [CH2-][NH+]1C[C@@H]2OCCO[C@@H]2C1. The Morgan fingerprint density at radius 3 is 2.10 bits per heavy atom. The van der Waals surface area contributed by atoms with Crippen LogP contribution in [0.2, 0.25) is 0 Å². The standard InChI is InChI=1S/C7H13NO2/c1-8-4-6-7(5-8)10-3-2-9-6/h6-8H,1-5H2/t6-,7+. The van der Waals surface area contributed by atoms with Crippen molar-refractivity contribution < 1.29 is 14.4 Å². The van der Waals surface area contributed by atoms with Crippen molar-refractivity contribution in [1.82, 2.24) is 0 Å². The van der Waals surface area contributed by atoms with Crippen molar-refractivity contribution in [2.24, 2.45) is 0 Å². The summed E-state index contributed by atoms with van der Waals surface area (Å²) in [6.07, 6.45) is 0.641. The second-order valence-corrected chi connectivity index (χ2v) is 2.98. The van der Waals surface area contributed by atoms with Gasteiger partial charge in [-0.05, 0) is 0 Å². The maximum atomic E-state index is 5.49. The molecule has 3 nitrogen and oxygen atoms in total. The van der Waals surface area contributed by atoms with Crippen LogP contribution in [0.4, 0.5) is 0 Å². The van der Waals surface area contributed by atoms with Gasteiger partial charge in [-0.3, -0.25) is 0 Å². The summed E-state index contributed by atoms with van der Waals surface area (Å²) >= 11 is 0. The molecule has 2 saturated heterocycles. The molecule has 1 N–H and O–H groups in total. The Kier molecular flexibility index (Phi) is 1.64. The van der Waals surface area contributed by atoms with E-state index < -0.39 is 0 Å². The number of hydrogen-bond donors (Lipinski definition) is 1. The van der Waals surface area contributed by atoms with Crippen LogP contribution < -0.4 is 4.90 Å². The van der Waals surface area contributed by atoms with E-state index in [0.29, 0.717) is 12.2 Å². The van der Waals surface area contributed by atoms with Crippen molar-refractivity contribution in [2.45, 2.75) is 12.2 Å². The highest BCUT2D eigenvalue weighted by Crippen LogP contribution is 2.10. The molecule has 3 heteroatoms. The van der Waals surface area contributed by atoms with Gasteiger partial charge in [-0.2, -0.15) is 7.05 Å². The first-order valence-electron chi connectivity index (χ1n) is 3.76. The number of rotatable bonds is 0. The molecule has 0 aromatic heterocycles. The lowest BCUT2D eigenvalue weighted by atomic mass is 10.2. The fraction of sp³-hybridized carbons (Fsp3) is 0.857. The van der Waals surface area contributed by atoms with Gasteiger partial charge >= 0.3 is 0 Å². The normalized spacial score (nSPS) is 47.1. The van der Waals surface area contributed by atoms with Crippen LogP contribution in [0.5, 0.6) is 0 Å². The Bertz CT molecular complexity index is 115. The van der Waals surface area contributed by atoms with Crippen molar-refractivity contribution in [2.75, 3.05) is 26.3 Å². The number of fused-ring (bicyclic) bond motifs is 1. The first-order valence-corrected chi connectivity index (χ1v) is 3.76. The quantitative estimate of drug-likeness (QED) is 0.415. The summed E-state index contributed by atoms with van der Waals surface area (Å²) in [7, 11) is 3.92. The molecule has 2 aliphatic heterocycles. The summed E-state index contributed by atoms with van der Waals surface area (Å²) in [5.74, 6) is 0. The van der Waals surface area contributed by atoms with Crippen LogP contribution >= 0.6 is 0 Å². The molecule has 1 unspecified atom stereocenters. The van der Waals surface area contributed by atoms with Crippen LogP contribution in [0, 0.1) is 7.05 Å². The molecule has 2 fully saturated rings. The van der Waals surface area contributed by atoms with Gasteiger partial charge in [0.1, 0.15) is 12.2 Å². The van der Waals surface area contributed by atoms with E-state index in [4.69, 9.17) is 9.47 Å². The molecule has 2 rings (SSSR count). The van der Waals surface area contributed by atoms with Crippen molar-refractivity contribution in [3.8, 4) is 0 Å². The van der Waals surface area contributed by atoms with E-state index >= 15 is 0 Å².